The number of benzene rings is 2. The van der Waals surface area contributed by atoms with Gasteiger partial charge >= 0.3 is 41.7 Å². The van der Waals surface area contributed by atoms with E-state index >= 15 is 0 Å². The van der Waals surface area contributed by atoms with Crippen LogP contribution in [0.5, 0.6) is 0 Å². The third-order valence-electron chi connectivity index (χ3n) is 4.69. The van der Waals surface area contributed by atoms with Gasteiger partial charge in [-0.1, -0.05) is 48.5 Å². The summed E-state index contributed by atoms with van der Waals surface area (Å²) in [4.78, 5) is 17.4. The fourth-order valence-corrected chi connectivity index (χ4v) is 3.36. The summed E-state index contributed by atoms with van der Waals surface area (Å²) < 4.78 is 0. The zero-order valence-corrected chi connectivity index (χ0v) is 18.7. The zero-order chi connectivity index (χ0) is 18.8. The number of hydrogen-bond acceptors (Lipinski definition) is 4. The Hall–Kier alpha value is -2.54. The van der Waals surface area contributed by atoms with Gasteiger partial charge in [-0.3, -0.25) is 19.9 Å². The van der Waals surface area contributed by atoms with Crippen molar-refractivity contribution in [1.82, 2.24) is 19.9 Å². The van der Waals surface area contributed by atoms with E-state index in [-0.39, 0.29) is 41.7 Å². The van der Waals surface area contributed by atoms with Crippen molar-refractivity contribution >= 4 is 43.6 Å². The summed E-state index contributed by atoms with van der Waals surface area (Å²) in [6.07, 6.45) is 7.21. The van der Waals surface area contributed by atoms with Gasteiger partial charge in [-0.25, -0.2) is 0 Å². The van der Waals surface area contributed by atoms with Crippen LogP contribution in [-0.2, 0) is 0 Å². The van der Waals surface area contributed by atoms with Gasteiger partial charge in [0, 0.05) is 46.3 Å². The molecule has 6 rings (SSSR count). The maximum absolute atomic E-state index is 4.35. The normalized spacial score (nSPS) is 10.5. The molecule has 0 unspecified atom stereocenters. The maximum atomic E-state index is 4.35. The van der Waals surface area contributed by atoms with Gasteiger partial charge < -0.3 is 0 Å². The third-order valence-corrected chi connectivity index (χ3v) is 4.69. The third kappa shape index (κ3) is 3.96. The van der Waals surface area contributed by atoms with Gasteiger partial charge in [0.05, 0.1) is 22.1 Å². The molecule has 0 aliphatic rings. The topological polar surface area (TPSA) is 51.6 Å². The molecule has 2 aromatic carbocycles. The fourth-order valence-electron chi connectivity index (χ4n) is 3.36. The molecule has 4 heterocycles. The molecule has 0 aliphatic heterocycles. The van der Waals surface area contributed by atoms with E-state index in [1.165, 1.54) is 0 Å². The van der Waals surface area contributed by atoms with Crippen LogP contribution in [0, 0.1) is 41.7 Å². The maximum Gasteiger partial charge on any atom is 3.00 e. The zero-order valence-electron chi connectivity index (χ0n) is 15.5. The standard InChI is InChI=1S/2C12H8N2.Ce/c2*1-3-9-5-6-10-4-2-8-14-12(10)11(9)13-7-1;/h2*1-8H;/q;;+3. The van der Waals surface area contributed by atoms with Crippen molar-refractivity contribution < 1.29 is 41.7 Å². The summed E-state index contributed by atoms with van der Waals surface area (Å²) >= 11 is 0. The molecule has 133 valence electrons. The molecule has 0 atom stereocenters. The molecule has 0 amide bonds. The molecule has 0 saturated heterocycles. The van der Waals surface area contributed by atoms with Crippen LogP contribution in [0.15, 0.2) is 97.6 Å². The first-order valence-corrected chi connectivity index (χ1v) is 9.07. The van der Waals surface area contributed by atoms with E-state index in [9.17, 15) is 0 Å². The van der Waals surface area contributed by atoms with Crippen molar-refractivity contribution in [1.29, 1.82) is 0 Å². The van der Waals surface area contributed by atoms with Crippen molar-refractivity contribution in [2.45, 2.75) is 0 Å². The van der Waals surface area contributed by atoms with Gasteiger partial charge in [0.15, 0.2) is 0 Å². The molecule has 29 heavy (non-hydrogen) atoms. The first-order valence-electron chi connectivity index (χ1n) is 9.07. The smallest absolute Gasteiger partial charge is 0.254 e. The molecule has 4 aromatic heterocycles. The monoisotopic (exact) mass is 500 g/mol. The van der Waals surface area contributed by atoms with Crippen LogP contribution in [0.4, 0.5) is 0 Å². The van der Waals surface area contributed by atoms with Gasteiger partial charge in [0.2, 0.25) is 0 Å². The molecule has 0 saturated carbocycles. The van der Waals surface area contributed by atoms with E-state index < -0.39 is 0 Å². The average molecular weight is 501 g/mol. The van der Waals surface area contributed by atoms with Crippen molar-refractivity contribution in [2.75, 3.05) is 0 Å². The Morgan fingerprint density at radius 2 is 0.586 bits per heavy atom. The predicted octanol–water partition coefficient (Wildman–Crippen LogP) is 5.57. The van der Waals surface area contributed by atoms with Crippen LogP contribution >= 0.6 is 0 Å². The Morgan fingerprint density at radius 1 is 0.345 bits per heavy atom. The van der Waals surface area contributed by atoms with Crippen LogP contribution in [0.1, 0.15) is 0 Å². The number of pyridine rings is 4. The minimum Gasteiger partial charge on any atom is -0.254 e. The van der Waals surface area contributed by atoms with Gasteiger partial charge in [-0.15, -0.1) is 0 Å². The first-order chi connectivity index (χ1) is 13.9. The van der Waals surface area contributed by atoms with Crippen molar-refractivity contribution in [2.24, 2.45) is 0 Å². The molecule has 0 aliphatic carbocycles. The Labute approximate surface area is 201 Å². The van der Waals surface area contributed by atoms with Gasteiger partial charge in [-0.05, 0) is 24.3 Å². The number of hydrogen-bond donors (Lipinski definition) is 0. The summed E-state index contributed by atoms with van der Waals surface area (Å²) in [7, 11) is 0. The molecular weight excluding hydrogens is 484 g/mol. The minimum atomic E-state index is 0. The van der Waals surface area contributed by atoms with Crippen molar-refractivity contribution in [3.05, 3.63) is 97.6 Å². The quantitative estimate of drug-likeness (QED) is 0.256. The van der Waals surface area contributed by atoms with E-state index in [1.54, 1.807) is 24.8 Å². The molecule has 5 heteroatoms. The molecule has 6 aromatic rings. The van der Waals surface area contributed by atoms with Crippen LogP contribution < -0.4 is 0 Å². The van der Waals surface area contributed by atoms with Crippen molar-refractivity contribution in [3.8, 4) is 0 Å². The van der Waals surface area contributed by atoms with E-state index in [1.807, 2.05) is 24.3 Å². The van der Waals surface area contributed by atoms with Crippen LogP contribution in [0.25, 0.3) is 43.6 Å². The molecule has 0 N–H and O–H groups in total. The Bertz CT molecular complexity index is 1210. The number of rotatable bonds is 0. The van der Waals surface area contributed by atoms with E-state index in [4.69, 9.17) is 0 Å². The van der Waals surface area contributed by atoms with Crippen LogP contribution in [0.3, 0.4) is 0 Å². The summed E-state index contributed by atoms with van der Waals surface area (Å²) in [6, 6.07) is 24.3. The number of nitrogens with zero attached hydrogens (tertiary/aromatic N) is 4. The Morgan fingerprint density at radius 3 is 0.828 bits per heavy atom. The summed E-state index contributed by atoms with van der Waals surface area (Å²) in [5, 5.41) is 4.55. The van der Waals surface area contributed by atoms with Gasteiger partial charge in [0.25, 0.3) is 0 Å². The summed E-state index contributed by atoms with van der Waals surface area (Å²) in [6.45, 7) is 0. The van der Waals surface area contributed by atoms with E-state index in [2.05, 4.69) is 68.5 Å². The van der Waals surface area contributed by atoms with Crippen LogP contribution in [0.2, 0.25) is 0 Å². The predicted molar refractivity (Wildman–Crippen MR) is 114 cm³/mol. The molecular formula is C24H16CeN4+3. The SMILES string of the molecule is [Ce+3].c1cnc2c(c1)ccc1cccnc12.c1cnc2c(c1)ccc1cccnc12. The first kappa shape index (κ1) is 19.8. The Kier molecular flexibility index (Phi) is 6.04. The van der Waals surface area contributed by atoms with Gasteiger partial charge in [0.1, 0.15) is 0 Å². The second kappa shape index (κ2) is 8.86. The summed E-state index contributed by atoms with van der Waals surface area (Å²) in [5.74, 6) is 0. The molecule has 0 fully saturated rings. The Balaban J connectivity index is 0.000000137. The molecule has 0 bridgehead atoms. The van der Waals surface area contributed by atoms with E-state index in [0.717, 1.165) is 43.6 Å². The number of aromatic nitrogens is 4. The second-order valence-electron chi connectivity index (χ2n) is 6.43. The molecule has 0 spiro atoms. The van der Waals surface area contributed by atoms with E-state index in [0.29, 0.717) is 0 Å². The second-order valence-corrected chi connectivity index (χ2v) is 6.43. The minimum absolute atomic E-state index is 0. The largest absolute Gasteiger partial charge is 3.00 e. The molecule has 1 radical (unpaired) electrons. The van der Waals surface area contributed by atoms with Gasteiger partial charge in [-0.2, -0.15) is 0 Å². The van der Waals surface area contributed by atoms with Crippen molar-refractivity contribution in [3.63, 3.8) is 0 Å². The fraction of sp³-hybridized carbons (Fsp3) is 0. The number of fused-ring (bicyclic) bond motifs is 6. The van der Waals surface area contributed by atoms with Crippen LogP contribution in [-0.4, -0.2) is 19.9 Å². The summed E-state index contributed by atoms with van der Waals surface area (Å²) in [5.41, 5.74) is 3.91. The average Bonchev–Trinajstić information content (AvgIpc) is 2.79. The molecule has 4 nitrogen and oxygen atoms in total.